The van der Waals surface area contributed by atoms with Gasteiger partial charge < -0.3 is 0 Å². The molecule has 0 aromatic heterocycles. The van der Waals surface area contributed by atoms with Crippen LogP contribution in [-0.4, -0.2) is 19.0 Å². The lowest BCUT2D eigenvalue weighted by Gasteiger charge is -2.18. The third-order valence-corrected chi connectivity index (χ3v) is 11.9. The van der Waals surface area contributed by atoms with Crippen molar-refractivity contribution in [2.75, 3.05) is 0 Å². The second kappa shape index (κ2) is 13.8. The lowest BCUT2D eigenvalue weighted by Crippen LogP contribution is -2.08. The first-order valence-corrected chi connectivity index (χ1v) is 21.0. The summed E-state index contributed by atoms with van der Waals surface area (Å²) in [6.07, 6.45) is 0. The van der Waals surface area contributed by atoms with Crippen LogP contribution in [0, 0.1) is 6.92 Å². The quantitative estimate of drug-likeness (QED) is 0.146. The second-order valence-electron chi connectivity index (χ2n) is 12.4. The van der Waals surface area contributed by atoms with Crippen molar-refractivity contribution in [3.63, 3.8) is 0 Å². The highest BCUT2D eigenvalue weighted by Crippen LogP contribution is 2.42. The van der Waals surface area contributed by atoms with Crippen LogP contribution in [0.15, 0.2) is 164 Å². The Morgan fingerprint density at radius 3 is 0.830 bits per heavy atom. The zero-order valence-corrected chi connectivity index (χ0v) is 30.3. The molecule has 7 rings (SSSR count). The molecular weight excluding hydrogens is 597 g/mol. The van der Waals surface area contributed by atoms with Crippen LogP contribution >= 0.6 is 0 Å². The van der Waals surface area contributed by atoms with Crippen molar-refractivity contribution in [3.05, 3.63) is 169 Å². The van der Waals surface area contributed by atoms with E-state index in [0.717, 1.165) is 0 Å². The fourth-order valence-electron chi connectivity index (χ4n) is 6.63. The zero-order valence-electron chi connectivity index (χ0n) is 27.5. The van der Waals surface area contributed by atoms with Gasteiger partial charge in [-0.15, -0.1) is 0 Å². The minimum absolute atomic E-state index is 0.192. The molecule has 0 nitrogen and oxygen atoms in total. The van der Waals surface area contributed by atoms with E-state index < -0.39 is 0 Å². The van der Waals surface area contributed by atoms with E-state index in [4.69, 9.17) is 0 Å². The normalized spacial score (nSPS) is 11.6. The van der Waals surface area contributed by atoms with Crippen LogP contribution in [0.3, 0.4) is 0 Å². The van der Waals surface area contributed by atoms with E-state index >= 15 is 0 Å². The molecule has 0 radical (unpaired) electrons. The highest BCUT2D eigenvalue weighted by molar-refractivity contribution is 6.52. The Hall–Kier alpha value is -5.03. The van der Waals surface area contributed by atoms with Crippen LogP contribution in [0.25, 0.3) is 66.8 Å². The molecule has 0 bridgehead atoms. The molecule has 7 aromatic rings. The number of aryl methyl sites for hydroxylation is 1. The van der Waals surface area contributed by atoms with Crippen molar-refractivity contribution in [2.45, 2.75) is 20.0 Å². The fourth-order valence-corrected chi connectivity index (χ4v) is 8.04. The van der Waals surface area contributed by atoms with Gasteiger partial charge in [0.1, 0.15) is 0 Å². The molecule has 0 aliphatic carbocycles. The first-order valence-electron chi connectivity index (χ1n) is 16.8. The molecule has 0 heterocycles. The molecule has 0 N–H and O–H groups in total. The van der Waals surface area contributed by atoms with Crippen molar-refractivity contribution in [3.8, 4) is 66.8 Å². The molecule has 0 aliphatic rings. The smallest absolute Gasteiger partial charge is 0.0517 e. The van der Waals surface area contributed by atoms with Crippen molar-refractivity contribution in [2.24, 2.45) is 0 Å². The Bertz CT molecular complexity index is 2030. The zero-order chi connectivity index (χ0) is 32.2. The van der Waals surface area contributed by atoms with Crippen molar-refractivity contribution >= 4 is 29.4 Å². The molecule has 47 heavy (non-hydrogen) atoms. The highest BCUT2D eigenvalue weighted by Gasteiger charge is 2.16. The summed E-state index contributed by atoms with van der Waals surface area (Å²) in [7, 11) is -0.384. The van der Waals surface area contributed by atoms with Gasteiger partial charge in [0, 0.05) is 0 Å². The van der Waals surface area contributed by atoms with E-state index in [2.05, 4.69) is 184 Å². The topological polar surface area (TPSA) is 0 Å². The molecule has 7 aromatic carbocycles. The molecule has 2 heteroatoms. The Morgan fingerprint density at radius 2 is 0.553 bits per heavy atom. The van der Waals surface area contributed by atoms with Gasteiger partial charge in [-0.1, -0.05) is 175 Å². The summed E-state index contributed by atoms with van der Waals surface area (Å²) in [5.41, 5.74) is 16.2. The molecule has 0 saturated carbocycles. The van der Waals surface area contributed by atoms with E-state index in [9.17, 15) is 0 Å². The maximum absolute atomic E-state index is 2.40. The summed E-state index contributed by atoms with van der Waals surface area (Å²) < 4.78 is 0. The number of rotatable bonds is 8. The molecule has 0 fully saturated rings. The summed E-state index contributed by atoms with van der Waals surface area (Å²) in [4.78, 5) is 0. The summed E-state index contributed by atoms with van der Waals surface area (Å²) >= 11 is 0. The Kier molecular flexibility index (Phi) is 8.97. The molecule has 0 spiro atoms. The molecule has 228 valence electrons. The van der Waals surface area contributed by atoms with Gasteiger partial charge in [0.2, 0.25) is 0 Å². The number of hydrogen-bond donors (Lipinski definition) is 0. The van der Waals surface area contributed by atoms with Crippen molar-refractivity contribution < 1.29 is 0 Å². The second-order valence-corrected chi connectivity index (χ2v) is 15.4. The lowest BCUT2D eigenvalue weighted by atomic mass is 9.86. The fraction of sp³-hybridized carbons (Fsp3) is 0.0667. The third kappa shape index (κ3) is 6.48. The molecule has 0 amide bonds. The van der Waals surface area contributed by atoms with E-state index in [1.807, 2.05) is 0 Å². The van der Waals surface area contributed by atoms with Crippen LogP contribution in [0.2, 0.25) is 13.1 Å². The van der Waals surface area contributed by atoms with Gasteiger partial charge in [-0.2, -0.15) is 0 Å². The van der Waals surface area contributed by atoms with Crippen LogP contribution < -0.4 is 10.4 Å². The molecule has 0 unspecified atom stereocenters. The van der Waals surface area contributed by atoms with Gasteiger partial charge in [0.25, 0.3) is 0 Å². The first kappa shape index (κ1) is 30.6. The number of hydrogen-bond acceptors (Lipinski definition) is 0. The van der Waals surface area contributed by atoms with E-state index in [1.165, 1.54) is 82.7 Å². The van der Waals surface area contributed by atoms with E-state index in [-0.39, 0.29) is 19.0 Å². The van der Waals surface area contributed by atoms with Gasteiger partial charge in [-0.3, -0.25) is 0 Å². The molecule has 0 saturated heterocycles. The van der Waals surface area contributed by atoms with Crippen LogP contribution in [0.5, 0.6) is 0 Å². The predicted octanol–water partition coefficient (Wildman–Crippen LogP) is 9.68. The monoisotopic (exact) mass is 636 g/mol. The van der Waals surface area contributed by atoms with Crippen LogP contribution in [0.1, 0.15) is 5.56 Å². The minimum atomic E-state index is -0.192. The van der Waals surface area contributed by atoms with Crippen molar-refractivity contribution in [1.29, 1.82) is 0 Å². The van der Waals surface area contributed by atoms with E-state index in [1.54, 1.807) is 0 Å². The maximum atomic E-state index is 2.40. The maximum Gasteiger partial charge on any atom is 0.0517 e. The first-order chi connectivity index (χ1) is 23.1. The third-order valence-electron chi connectivity index (χ3n) is 9.36. The standard InChI is InChI=1S/C45H40Si2/c1-31-16-18-32(19-17-31)40-10-4-7-13-43(40)35-28-36(44-14-8-5-11-41(44)33-20-24-38(46-2)25-21-33)30-37(29-35)45-15-9-6-12-42(45)34-22-26-39(47-3)27-23-34/h4-30H,46-47H2,1-3H3. The van der Waals surface area contributed by atoms with Crippen LogP contribution in [0.4, 0.5) is 0 Å². The van der Waals surface area contributed by atoms with Crippen molar-refractivity contribution in [1.82, 2.24) is 0 Å². The Labute approximate surface area is 284 Å². The minimum Gasteiger partial charge on any atom is -0.0708 e. The van der Waals surface area contributed by atoms with Gasteiger partial charge in [-0.25, -0.2) is 0 Å². The highest BCUT2D eigenvalue weighted by atomic mass is 28.2. The summed E-state index contributed by atoms with van der Waals surface area (Å²) in [6, 6.07) is 61.2. The van der Waals surface area contributed by atoms with Gasteiger partial charge >= 0.3 is 0 Å². The average molecular weight is 637 g/mol. The Morgan fingerprint density at radius 1 is 0.298 bits per heavy atom. The summed E-state index contributed by atoms with van der Waals surface area (Å²) in [5, 5.41) is 2.99. The van der Waals surface area contributed by atoms with E-state index in [0.29, 0.717) is 0 Å². The lowest BCUT2D eigenvalue weighted by molar-refractivity contribution is 1.47. The molecule has 0 atom stereocenters. The molecule has 0 aliphatic heterocycles. The Balaban J connectivity index is 1.46. The summed E-state index contributed by atoms with van der Waals surface area (Å²) in [5.74, 6) is 0. The average Bonchev–Trinajstić information content (AvgIpc) is 3.15. The predicted molar refractivity (Wildman–Crippen MR) is 212 cm³/mol. The van der Waals surface area contributed by atoms with Gasteiger partial charge in [0.15, 0.2) is 0 Å². The van der Waals surface area contributed by atoms with Gasteiger partial charge in [-0.05, 0) is 91.9 Å². The SMILES string of the molecule is C[SiH2]c1ccc(-c2ccccc2-c2cc(-c3ccccc3-c3ccc(C)cc3)cc(-c3ccccc3-c3ccc([SiH2]C)cc3)c2)cc1. The molecular formula is C45H40Si2. The number of benzene rings is 7. The summed E-state index contributed by atoms with van der Waals surface area (Å²) in [6.45, 7) is 6.85. The largest absolute Gasteiger partial charge is 0.0708 e. The van der Waals surface area contributed by atoms with Gasteiger partial charge in [0.05, 0.1) is 19.0 Å². The van der Waals surface area contributed by atoms with Crippen LogP contribution in [-0.2, 0) is 0 Å².